The van der Waals surface area contributed by atoms with Gasteiger partial charge in [0.15, 0.2) is 0 Å². The minimum atomic E-state index is 0.663. The number of methoxy groups -OCH3 is 1. The van der Waals surface area contributed by atoms with E-state index in [9.17, 15) is 0 Å². The quantitative estimate of drug-likeness (QED) is 0.740. The first-order valence-electron chi connectivity index (χ1n) is 7.72. The first-order chi connectivity index (χ1) is 11.1. The molecule has 0 bridgehead atoms. The van der Waals surface area contributed by atoms with Gasteiger partial charge in [0.25, 0.3) is 0 Å². The zero-order chi connectivity index (χ0) is 16.7. The summed E-state index contributed by atoms with van der Waals surface area (Å²) in [6, 6.07) is 12.1. The molecular weight excluding hydrogens is 310 g/mol. The van der Waals surface area contributed by atoms with E-state index in [0.717, 1.165) is 37.6 Å². The second-order valence-corrected chi connectivity index (χ2v) is 6.16. The molecule has 1 aromatic carbocycles. The summed E-state index contributed by atoms with van der Waals surface area (Å²) < 4.78 is 5.20. The summed E-state index contributed by atoms with van der Waals surface area (Å²) in [5.41, 5.74) is 1.29. The highest BCUT2D eigenvalue weighted by molar-refractivity contribution is 6.30. The van der Waals surface area contributed by atoms with Crippen molar-refractivity contribution in [1.29, 1.82) is 0 Å². The van der Waals surface area contributed by atoms with Crippen LogP contribution in [-0.2, 0) is 6.42 Å². The van der Waals surface area contributed by atoms with Crippen LogP contribution in [0.5, 0.6) is 5.75 Å². The molecule has 0 atom stereocenters. The van der Waals surface area contributed by atoms with Crippen LogP contribution in [-0.4, -0.2) is 50.7 Å². The van der Waals surface area contributed by atoms with Crippen molar-refractivity contribution in [3.05, 3.63) is 53.2 Å². The summed E-state index contributed by atoms with van der Waals surface area (Å²) in [4.78, 5) is 8.92. The molecule has 0 saturated carbocycles. The van der Waals surface area contributed by atoms with Gasteiger partial charge in [0.1, 0.15) is 11.6 Å². The van der Waals surface area contributed by atoms with E-state index < -0.39 is 0 Å². The van der Waals surface area contributed by atoms with E-state index >= 15 is 0 Å². The fraction of sp³-hybridized carbons (Fsp3) is 0.389. The summed E-state index contributed by atoms with van der Waals surface area (Å²) in [6.45, 7) is 2.82. The molecule has 4 nitrogen and oxygen atoms in total. The molecule has 5 heteroatoms. The van der Waals surface area contributed by atoms with E-state index in [-0.39, 0.29) is 0 Å². The summed E-state index contributed by atoms with van der Waals surface area (Å²) in [6.07, 6.45) is 2.66. The molecular formula is C18H24ClN3O. The molecule has 0 aliphatic heterocycles. The van der Waals surface area contributed by atoms with Gasteiger partial charge in [-0.2, -0.15) is 0 Å². The molecule has 2 aromatic rings. The normalized spacial score (nSPS) is 10.8. The predicted octanol–water partition coefficient (Wildman–Crippen LogP) is 3.35. The van der Waals surface area contributed by atoms with Gasteiger partial charge in [0.05, 0.1) is 12.1 Å². The minimum Gasteiger partial charge on any atom is -0.497 e. The second kappa shape index (κ2) is 8.75. The van der Waals surface area contributed by atoms with Crippen LogP contribution < -0.4 is 9.64 Å². The predicted molar refractivity (Wildman–Crippen MR) is 96.7 cm³/mol. The van der Waals surface area contributed by atoms with Gasteiger partial charge in [-0.25, -0.2) is 4.98 Å². The van der Waals surface area contributed by atoms with Gasteiger partial charge >= 0.3 is 0 Å². The summed E-state index contributed by atoms with van der Waals surface area (Å²) in [5, 5.41) is 0.663. The number of aromatic nitrogens is 1. The average Bonchev–Trinajstić information content (AvgIpc) is 2.56. The Labute approximate surface area is 143 Å². The summed E-state index contributed by atoms with van der Waals surface area (Å²) in [5.74, 6) is 1.85. The molecule has 0 unspecified atom stereocenters. The van der Waals surface area contributed by atoms with E-state index in [0.29, 0.717) is 5.02 Å². The third-order valence-corrected chi connectivity index (χ3v) is 3.91. The number of ether oxygens (including phenoxy) is 1. The van der Waals surface area contributed by atoms with Crippen molar-refractivity contribution in [1.82, 2.24) is 9.88 Å². The molecule has 0 amide bonds. The number of likely N-dealkylation sites (N-methyl/N-ethyl adjacent to an activating group) is 1. The van der Waals surface area contributed by atoms with Crippen LogP contribution in [0.2, 0.25) is 5.02 Å². The Kier molecular flexibility index (Phi) is 6.68. The van der Waals surface area contributed by atoms with Gasteiger partial charge in [0, 0.05) is 25.8 Å². The maximum Gasteiger partial charge on any atom is 0.128 e. The van der Waals surface area contributed by atoms with Gasteiger partial charge in [-0.05, 0) is 50.3 Å². The van der Waals surface area contributed by atoms with E-state index in [1.807, 2.05) is 24.3 Å². The van der Waals surface area contributed by atoms with Crippen LogP contribution in [0.25, 0.3) is 0 Å². The number of rotatable bonds is 8. The second-order valence-electron chi connectivity index (χ2n) is 5.72. The van der Waals surface area contributed by atoms with Crippen molar-refractivity contribution in [2.45, 2.75) is 6.42 Å². The third-order valence-electron chi connectivity index (χ3n) is 3.68. The lowest BCUT2D eigenvalue weighted by atomic mass is 10.1. The van der Waals surface area contributed by atoms with E-state index in [1.54, 1.807) is 13.3 Å². The van der Waals surface area contributed by atoms with Crippen molar-refractivity contribution < 1.29 is 4.74 Å². The maximum absolute atomic E-state index is 5.94. The lowest BCUT2D eigenvalue weighted by Crippen LogP contribution is -2.33. The monoisotopic (exact) mass is 333 g/mol. The lowest BCUT2D eigenvalue weighted by Gasteiger charge is -2.25. The summed E-state index contributed by atoms with van der Waals surface area (Å²) >= 11 is 5.94. The first kappa shape index (κ1) is 17.6. The van der Waals surface area contributed by atoms with E-state index in [2.05, 4.69) is 41.0 Å². The number of halogens is 1. The highest BCUT2D eigenvalue weighted by Crippen LogP contribution is 2.16. The number of hydrogen-bond donors (Lipinski definition) is 0. The molecule has 1 aromatic heterocycles. The molecule has 1 heterocycles. The van der Waals surface area contributed by atoms with E-state index in [1.165, 1.54) is 5.56 Å². The Morgan fingerprint density at radius 1 is 1.00 bits per heavy atom. The third kappa shape index (κ3) is 5.73. The van der Waals surface area contributed by atoms with E-state index in [4.69, 9.17) is 16.3 Å². The van der Waals surface area contributed by atoms with Crippen LogP contribution in [0.4, 0.5) is 5.82 Å². The fourth-order valence-electron chi connectivity index (χ4n) is 2.27. The van der Waals surface area contributed by atoms with Crippen molar-refractivity contribution in [2.24, 2.45) is 0 Å². The Bertz CT molecular complexity index is 584. The molecule has 0 aliphatic carbocycles. The highest BCUT2D eigenvalue weighted by atomic mass is 35.5. The van der Waals surface area contributed by atoms with Crippen LogP contribution in [0.3, 0.4) is 0 Å². The Morgan fingerprint density at radius 3 is 2.30 bits per heavy atom. The zero-order valence-corrected chi connectivity index (χ0v) is 14.8. The molecule has 0 N–H and O–H groups in total. The highest BCUT2D eigenvalue weighted by Gasteiger charge is 2.09. The maximum atomic E-state index is 5.94. The van der Waals surface area contributed by atoms with Crippen LogP contribution in [0.15, 0.2) is 42.6 Å². The fourth-order valence-corrected chi connectivity index (χ4v) is 2.38. The molecule has 23 heavy (non-hydrogen) atoms. The standard InChI is InChI=1S/C18H24ClN3O/c1-21(2)12-13-22(18-9-6-16(19)14-20-18)11-10-15-4-7-17(23-3)8-5-15/h4-9,14H,10-13H2,1-3H3. The van der Waals surface area contributed by atoms with Crippen LogP contribution in [0, 0.1) is 0 Å². The first-order valence-corrected chi connectivity index (χ1v) is 8.10. The number of benzene rings is 1. The molecule has 0 spiro atoms. The average molecular weight is 334 g/mol. The minimum absolute atomic E-state index is 0.663. The van der Waals surface area contributed by atoms with Gasteiger partial charge in [0.2, 0.25) is 0 Å². The molecule has 0 saturated heterocycles. The van der Waals surface area contributed by atoms with Crippen LogP contribution >= 0.6 is 11.6 Å². The molecule has 0 radical (unpaired) electrons. The summed E-state index contributed by atoms with van der Waals surface area (Å²) in [7, 11) is 5.85. The lowest BCUT2D eigenvalue weighted by molar-refractivity contribution is 0.412. The number of anilines is 1. The molecule has 0 aliphatic rings. The topological polar surface area (TPSA) is 28.6 Å². The van der Waals surface area contributed by atoms with Crippen molar-refractivity contribution in [3.63, 3.8) is 0 Å². The SMILES string of the molecule is COc1ccc(CCN(CCN(C)C)c2ccc(Cl)cn2)cc1. The Morgan fingerprint density at radius 2 is 1.74 bits per heavy atom. The molecule has 2 rings (SSSR count). The van der Waals surface area contributed by atoms with Gasteiger partial charge < -0.3 is 14.5 Å². The number of hydrogen-bond acceptors (Lipinski definition) is 4. The number of nitrogens with zero attached hydrogens (tertiary/aromatic N) is 3. The smallest absolute Gasteiger partial charge is 0.128 e. The van der Waals surface area contributed by atoms with Crippen LogP contribution in [0.1, 0.15) is 5.56 Å². The zero-order valence-electron chi connectivity index (χ0n) is 14.0. The molecule has 124 valence electrons. The van der Waals surface area contributed by atoms with Crippen molar-refractivity contribution in [2.75, 3.05) is 45.7 Å². The van der Waals surface area contributed by atoms with Crippen molar-refractivity contribution >= 4 is 17.4 Å². The Hall–Kier alpha value is -1.78. The Balaban J connectivity index is 2.02. The van der Waals surface area contributed by atoms with Crippen molar-refractivity contribution in [3.8, 4) is 5.75 Å². The largest absolute Gasteiger partial charge is 0.497 e. The molecule has 0 fully saturated rings. The number of pyridine rings is 1. The van der Waals surface area contributed by atoms with Gasteiger partial charge in [-0.15, -0.1) is 0 Å². The van der Waals surface area contributed by atoms with Gasteiger partial charge in [-0.3, -0.25) is 0 Å². The van der Waals surface area contributed by atoms with Gasteiger partial charge in [-0.1, -0.05) is 23.7 Å².